The highest BCUT2D eigenvalue weighted by Gasteiger charge is 2.18. The van der Waals surface area contributed by atoms with E-state index >= 15 is 0 Å². The molecule has 8 nitrogen and oxygen atoms in total. The van der Waals surface area contributed by atoms with Crippen LogP contribution in [0.3, 0.4) is 0 Å². The van der Waals surface area contributed by atoms with Gasteiger partial charge >= 0.3 is 0 Å². The number of para-hydroxylation sites is 2. The van der Waals surface area contributed by atoms with Crippen LogP contribution in [0.2, 0.25) is 0 Å². The van der Waals surface area contributed by atoms with Crippen molar-refractivity contribution < 1.29 is 9.47 Å². The van der Waals surface area contributed by atoms with E-state index in [2.05, 4.69) is 79.8 Å². The molecule has 58 heavy (non-hydrogen) atoms. The van der Waals surface area contributed by atoms with Crippen molar-refractivity contribution in [3.8, 4) is 57.1 Å². The molecule has 0 amide bonds. The van der Waals surface area contributed by atoms with E-state index in [4.69, 9.17) is 19.4 Å². The largest absolute Gasteiger partial charge is 0.457 e. The lowest BCUT2D eigenvalue weighted by atomic mass is 10.1. The van der Waals surface area contributed by atoms with Crippen LogP contribution < -0.4 is 9.47 Å². The van der Waals surface area contributed by atoms with Crippen molar-refractivity contribution in [1.82, 2.24) is 29.1 Å². The molecule has 8 heteroatoms. The fourth-order valence-electron chi connectivity index (χ4n) is 7.84. The Morgan fingerprint density at radius 3 is 1.31 bits per heavy atom. The summed E-state index contributed by atoms with van der Waals surface area (Å²) in [7, 11) is 0. The Bertz CT molecular complexity index is 3090. The summed E-state index contributed by atoms with van der Waals surface area (Å²) in [5.41, 5.74) is 8.57. The lowest BCUT2D eigenvalue weighted by Crippen LogP contribution is -2.03. The number of aromatic nitrogens is 6. The van der Waals surface area contributed by atoms with Crippen LogP contribution in [0.25, 0.3) is 77.8 Å². The molecule has 5 heterocycles. The third-order valence-corrected chi connectivity index (χ3v) is 10.4. The van der Waals surface area contributed by atoms with Crippen molar-refractivity contribution in [2.75, 3.05) is 0 Å². The molecule has 0 atom stereocenters. The van der Waals surface area contributed by atoms with Crippen LogP contribution in [0.15, 0.2) is 195 Å². The van der Waals surface area contributed by atoms with Crippen molar-refractivity contribution in [3.05, 3.63) is 195 Å². The van der Waals surface area contributed by atoms with Crippen molar-refractivity contribution in [2.24, 2.45) is 0 Å². The third-order valence-electron chi connectivity index (χ3n) is 10.4. The van der Waals surface area contributed by atoms with Gasteiger partial charge < -0.3 is 14.0 Å². The molecule has 274 valence electrons. The molecule has 11 aromatic rings. The molecule has 5 aromatic heterocycles. The van der Waals surface area contributed by atoms with E-state index in [1.807, 2.05) is 122 Å². The van der Waals surface area contributed by atoms with Crippen molar-refractivity contribution in [3.63, 3.8) is 0 Å². The maximum Gasteiger partial charge on any atom is 0.234 e. The van der Waals surface area contributed by atoms with E-state index < -0.39 is 0 Å². The van der Waals surface area contributed by atoms with Crippen LogP contribution >= 0.6 is 0 Å². The minimum absolute atomic E-state index is 0.521. The van der Waals surface area contributed by atoms with Gasteiger partial charge in [-0.15, -0.1) is 0 Å². The van der Waals surface area contributed by atoms with Crippen molar-refractivity contribution >= 4 is 43.6 Å². The first-order valence-electron chi connectivity index (χ1n) is 19.0. The zero-order valence-corrected chi connectivity index (χ0v) is 31.0. The first-order valence-corrected chi connectivity index (χ1v) is 19.0. The highest BCUT2D eigenvalue weighted by Crippen LogP contribution is 2.38. The Hall–Kier alpha value is -8.10. The summed E-state index contributed by atoms with van der Waals surface area (Å²) >= 11 is 0. The Morgan fingerprint density at radius 2 is 0.810 bits per heavy atom. The molecular weight excluding hydrogens is 717 g/mol. The zero-order valence-electron chi connectivity index (χ0n) is 31.0. The molecular formula is C50H32N6O2. The maximum absolute atomic E-state index is 6.52. The molecule has 0 aliphatic heterocycles. The summed E-state index contributed by atoms with van der Waals surface area (Å²) < 4.78 is 17.3. The predicted octanol–water partition coefficient (Wildman–Crippen LogP) is 12.4. The fraction of sp³-hybridized carbons (Fsp3) is 0. The maximum atomic E-state index is 6.52. The van der Waals surface area contributed by atoms with Gasteiger partial charge in [-0.05, 0) is 84.9 Å². The molecule has 0 saturated carbocycles. The molecule has 0 saturated heterocycles. The number of benzene rings is 6. The number of fused-ring (bicyclic) bond motifs is 6. The molecule has 0 aliphatic rings. The lowest BCUT2D eigenvalue weighted by molar-refractivity contribution is 0.483. The second-order valence-corrected chi connectivity index (χ2v) is 14.0. The predicted molar refractivity (Wildman–Crippen MR) is 230 cm³/mol. The summed E-state index contributed by atoms with van der Waals surface area (Å²) in [5.74, 6) is 3.30. The Morgan fingerprint density at radius 1 is 0.345 bits per heavy atom. The zero-order chi connectivity index (χ0) is 38.4. The molecule has 11 rings (SSSR count). The van der Waals surface area contributed by atoms with Crippen LogP contribution in [-0.2, 0) is 0 Å². The number of nitrogens with zero attached hydrogens (tertiary/aromatic N) is 6. The van der Waals surface area contributed by atoms with Crippen LogP contribution in [0.5, 0.6) is 23.0 Å². The second kappa shape index (κ2) is 13.9. The van der Waals surface area contributed by atoms with Crippen molar-refractivity contribution in [1.29, 1.82) is 0 Å². The molecule has 0 bridgehead atoms. The second-order valence-electron chi connectivity index (χ2n) is 14.0. The normalized spacial score (nSPS) is 11.4. The number of hydrogen-bond acceptors (Lipinski definition) is 6. The summed E-state index contributed by atoms with van der Waals surface area (Å²) in [4.78, 5) is 19.1. The van der Waals surface area contributed by atoms with E-state index in [9.17, 15) is 0 Å². The molecule has 0 unspecified atom stereocenters. The van der Waals surface area contributed by atoms with Gasteiger partial charge in [0, 0.05) is 57.2 Å². The van der Waals surface area contributed by atoms with Gasteiger partial charge in [-0.3, -0.25) is 14.5 Å². The van der Waals surface area contributed by atoms with Gasteiger partial charge in [0.1, 0.15) is 23.0 Å². The standard InChI is InChI=1S/C50H32N6O2/c1-3-19-46-40(15-1)41-16-2-4-20-47(41)55(46)35-31-53-50(54-32-35)56-48-29-38(57-36-13-9-11-33(27-36)44-17-5-7-25-51-44)21-23-42(48)43-24-22-39(30-49(43)56)58-37-14-10-12-34(28-37)45-18-6-8-26-52-45/h1-32H. The molecule has 0 N–H and O–H groups in total. The molecule has 6 aromatic carbocycles. The van der Waals surface area contributed by atoms with Crippen molar-refractivity contribution in [2.45, 2.75) is 0 Å². The average molecular weight is 749 g/mol. The fourth-order valence-corrected chi connectivity index (χ4v) is 7.84. The third kappa shape index (κ3) is 5.88. The van der Waals surface area contributed by atoms with Gasteiger partial charge in [0.25, 0.3) is 0 Å². The Kier molecular flexibility index (Phi) is 7.96. The quantitative estimate of drug-likeness (QED) is 0.154. The van der Waals surface area contributed by atoms with E-state index in [1.165, 1.54) is 10.8 Å². The Labute approximate surface area is 332 Å². The molecule has 0 spiro atoms. The van der Waals surface area contributed by atoms with E-state index in [0.717, 1.165) is 61.0 Å². The van der Waals surface area contributed by atoms with Gasteiger partial charge in [-0.1, -0.05) is 72.8 Å². The van der Waals surface area contributed by atoms with Crippen LogP contribution in [0, 0.1) is 0 Å². The highest BCUT2D eigenvalue weighted by molar-refractivity contribution is 6.10. The minimum Gasteiger partial charge on any atom is -0.457 e. The first kappa shape index (κ1) is 33.3. The average Bonchev–Trinajstić information content (AvgIpc) is 3.79. The van der Waals surface area contributed by atoms with Crippen LogP contribution in [0.4, 0.5) is 0 Å². The van der Waals surface area contributed by atoms with E-state index in [1.54, 1.807) is 12.4 Å². The Balaban J connectivity index is 1.03. The first-order chi connectivity index (χ1) is 28.7. The summed E-state index contributed by atoms with van der Waals surface area (Å²) in [6.07, 6.45) is 7.38. The number of pyridine rings is 2. The molecule has 0 aliphatic carbocycles. The lowest BCUT2D eigenvalue weighted by Gasteiger charge is -2.11. The molecule has 0 fully saturated rings. The topological polar surface area (TPSA) is 79.9 Å². The summed E-state index contributed by atoms with van der Waals surface area (Å²) in [5, 5.41) is 4.42. The van der Waals surface area contributed by atoms with Gasteiger partial charge in [0.2, 0.25) is 5.95 Å². The number of hydrogen-bond donors (Lipinski definition) is 0. The van der Waals surface area contributed by atoms with Gasteiger partial charge in [0.15, 0.2) is 0 Å². The number of ether oxygens (including phenoxy) is 2. The van der Waals surface area contributed by atoms with Crippen LogP contribution in [0.1, 0.15) is 0 Å². The van der Waals surface area contributed by atoms with E-state index in [0.29, 0.717) is 28.9 Å². The smallest absolute Gasteiger partial charge is 0.234 e. The highest BCUT2D eigenvalue weighted by atomic mass is 16.5. The summed E-state index contributed by atoms with van der Waals surface area (Å²) in [6.45, 7) is 0. The van der Waals surface area contributed by atoms with Crippen LogP contribution in [-0.4, -0.2) is 29.1 Å². The van der Waals surface area contributed by atoms with Gasteiger partial charge in [-0.25, -0.2) is 9.97 Å². The molecule has 0 radical (unpaired) electrons. The van der Waals surface area contributed by atoms with Gasteiger partial charge in [0.05, 0.1) is 51.5 Å². The minimum atomic E-state index is 0.521. The number of rotatable bonds is 8. The summed E-state index contributed by atoms with van der Waals surface area (Å²) in [6, 6.07) is 56.9. The SMILES string of the molecule is c1ccc(-c2cccc(Oc3ccc4c5ccc(Oc6cccc(-c7ccccn7)c6)cc5n(-c5ncc(-n6c7ccccc7c7ccccc76)cn5)c4c3)c2)nc1. The monoisotopic (exact) mass is 748 g/mol. The van der Waals surface area contributed by atoms with E-state index in [-0.39, 0.29) is 0 Å². The van der Waals surface area contributed by atoms with Gasteiger partial charge in [-0.2, -0.15) is 0 Å².